The minimum atomic E-state index is -0.116. The number of anilines is 1. The predicted octanol–water partition coefficient (Wildman–Crippen LogP) is 1.73. The van der Waals surface area contributed by atoms with E-state index in [0.717, 1.165) is 18.8 Å². The Bertz CT molecular complexity index is 449. The molecule has 1 atom stereocenters. The number of carbonyl (C=O) groups excluding carboxylic acids is 1. The zero-order valence-electron chi connectivity index (χ0n) is 12.4. The molecule has 0 spiro atoms. The van der Waals surface area contributed by atoms with Crippen LogP contribution in [0.2, 0.25) is 0 Å². The lowest BCUT2D eigenvalue weighted by atomic mass is 10.1. The SMILES string of the molecule is CCNC(=O)c1cc(NC2CCCN(CC)C2)ccn1. The number of aromatic nitrogens is 1. The highest BCUT2D eigenvalue weighted by Crippen LogP contribution is 2.16. The maximum absolute atomic E-state index is 11.8. The van der Waals surface area contributed by atoms with Crippen molar-refractivity contribution >= 4 is 11.6 Å². The molecule has 2 rings (SSSR count). The van der Waals surface area contributed by atoms with E-state index in [1.807, 2.05) is 19.1 Å². The largest absolute Gasteiger partial charge is 0.381 e. The lowest BCUT2D eigenvalue weighted by Crippen LogP contribution is -2.41. The molecular formula is C15H24N4O. The predicted molar refractivity (Wildman–Crippen MR) is 81.0 cm³/mol. The minimum Gasteiger partial charge on any atom is -0.381 e. The Balaban J connectivity index is 1.98. The molecule has 1 unspecified atom stereocenters. The standard InChI is InChI=1S/C15H24N4O/c1-3-16-15(20)14-10-12(7-8-17-14)18-13-6-5-9-19(4-2)11-13/h7-8,10,13H,3-6,9,11H2,1-2H3,(H,16,20)(H,17,18). The normalized spacial score (nSPS) is 19.6. The molecule has 1 fully saturated rings. The summed E-state index contributed by atoms with van der Waals surface area (Å²) < 4.78 is 0. The van der Waals surface area contributed by atoms with E-state index in [4.69, 9.17) is 0 Å². The van der Waals surface area contributed by atoms with Crippen LogP contribution < -0.4 is 10.6 Å². The van der Waals surface area contributed by atoms with Gasteiger partial charge in [-0.25, -0.2) is 0 Å². The van der Waals surface area contributed by atoms with Gasteiger partial charge in [0.15, 0.2) is 0 Å². The number of rotatable bonds is 5. The molecule has 0 bridgehead atoms. The zero-order chi connectivity index (χ0) is 14.4. The molecule has 5 nitrogen and oxygen atoms in total. The summed E-state index contributed by atoms with van der Waals surface area (Å²) >= 11 is 0. The second-order valence-corrected chi connectivity index (χ2v) is 5.17. The van der Waals surface area contributed by atoms with Gasteiger partial charge in [0.25, 0.3) is 5.91 Å². The van der Waals surface area contributed by atoms with Crippen LogP contribution in [0.4, 0.5) is 5.69 Å². The van der Waals surface area contributed by atoms with Crippen LogP contribution in [0.15, 0.2) is 18.3 Å². The van der Waals surface area contributed by atoms with E-state index >= 15 is 0 Å². The average Bonchev–Trinajstić information content (AvgIpc) is 2.48. The summed E-state index contributed by atoms with van der Waals surface area (Å²) in [6, 6.07) is 4.21. The molecule has 0 aromatic carbocycles. The molecule has 0 radical (unpaired) electrons. The van der Waals surface area contributed by atoms with Gasteiger partial charge in [0, 0.05) is 31.0 Å². The first kappa shape index (κ1) is 14.8. The first-order valence-electron chi connectivity index (χ1n) is 7.46. The summed E-state index contributed by atoms with van der Waals surface area (Å²) in [4.78, 5) is 18.3. The first-order chi connectivity index (χ1) is 9.72. The smallest absolute Gasteiger partial charge is 0.269 e. The van der Waals surface area contributed by atoms with Crippen LogP contribution in [0.3, 0.4) is 0 Å². The Morgan fingerprint density at radius 3 is 3.10 bits per heavy atom. The summed E-state index contributed by atoms with van der Waals surface area (Å²) in [5.74, 6) is -0.116. The second-order valence-electron chi connectivity index (χ2n) is 5.17. The maximum Gasteiger partial charge on any atom is 0.269 e. The van der Waals surface area contributed by atoms with Crippen molar-refractivity contribution in [2.24, 2.45) is 0 Å². The Morgan fingerprint density at radius 1 is 1.50 bits per heavy atom. The van der Waals surface area contributed by atoms with Crippen LogP contribution in [-0.4, -0.2) is 48.0 Å². The summed E-state index contributed by atoms with van der Waals surface area (Å²) in [7, 11) is 0. The minimum absolute atomic E-state index is 0.116. The molecule has 0 aliphatic carbocycles. The van der Waals surface area contributed by atoms with Crippen molar-refractivity contribution in [3.05, 3.63) is 24.0 Å². The van der Waals surface area contributed by atoms with Gasteiger partial charge < -0.3 is 15.5 Å². The third-order valence-electron chi connectivity index (χ3n) is 3.65. The van der Waals surface area contributed by atoms with Crippen molar-refractivity contribution in [3.8, 4) is 0 Å². The number of amides is 1. The number of nitrogens with one attached hydrogen (secondary N) is 2. The van der Waals surface area contributed by atoms with Crippen molar-refractivity contribution in [2.45, 2.75) is 32.7 Å². The summed E-state index contributed by atoms with van der Waals surface area (Å²) in [6.45, 7) is 8.07. The number of piperidine rings is 1. The molecule has 2 heterocycles. The van der Waals surface area contributed by atoms with Crippen molar-refractivity contribution in [3.63, 3.8) is 0 Å². The average molecular weight is 276 g/mol. The van der Waals surface area contributed by atoms with Crippen LogP contribution >= 0.6 is 0 Å². The highest BCUT2D eigenvalue weighted by molar-refractivity contribution is 5.93. The Kier molecular flexibility index (Phi) is 5.35. The summed E-state index contributed by atoms with van der Waals surface area (Å²) in [5, 5.41) is 6.29. The number of pyridine rings is 1. The molecule has 20 heavy (non-hydrogen) atoms. The molecule has 5 heteroatoms. The van der Waals surface area contributed by atoms with Crippen molar-refractivity contribution < 1.29 is 4.79 Å². The van der Waals surface area contributed by atoms with Crippen LogP contribution in [0.25, 0.3) is 0 Å². The molecule has 1 amide bonds. The van der Waals surface area contributed by atoms with Crippen LogP contribution in [0, 0.1) is 0 Å². The van der Waals surface area contributed by atoms with Crippen molar-refractivity contribution in [2.75, 3.05) is 31.5 Å². The number of likely N-dealkylation sites (N-methyl/N-ethyl adjacent to an activating group) is 1. The van der Waals surface area contributed by atoms with E-state index in [1.165, 1.54) is 19.4 Å². The van der Waals surface area contributed by atoms with Gasteiger partial charge in [0.05, 0.1) is 0 Å². The van der Waals surface area contributed by atoms with Gasteiger partial charge in [-0.2, -0.15) is 0 Å². The Morgan fingerprint density at radius 2 is 2.35 bits per heavy atom. The fourth-order valence-corrected chi connectivity index (χ4v) is 2.59. The Labute approximate surface area is 120 Å². The zero-order valence-corrected chi connectivity index (χ0v) is 12.4. The maximum atomic E-state index is 11.8. The molecule has 1 aromatic rings. The lowest BCUT2D eigenvalue weighted by Gasteiger charge is -2.32. The molecule has 1 aliphatic heterocycles. The van der Waals surface area contributed by atoms with Gasteiger partial charge in [-0.1, -0.05) is 6.92 Å². The van der Waals surface area contributed by atoms with Crippen LogP contribution in [-0.2, 0) is 0 Å². The van der Waals surface area contributed by atoms with E-state index < -0.39 is 0 Å². The number of hydrogen-bond acceptors (Lipinski definition) is 4. The molecule has 1 saturated heterocycles. The van der Waals surface area contributed by atoms with Gasteiger partial charge in [0.1, 0.15) is 5.69 Å². The first-order valence-corrected chi connectivity index (χ1v) is 7.46. The van der Waals surface area contributed by atoms with Crippen LogP contribution in [0.1, 0.15) is 37.2 Å². The topological polar surface area (TPSA) is 57.3 Å². The number of nitrogens with zero attached hydrogens (tertiary/aromatic N) is 2. The number of likely N-dealkylation sites (tertiary alicyclic amines) is 1. The molecule has 0 saturated carbocycles. The monoisotopic (exact) mass is 276 g/mol. The van der Waals surface area contributed by atoms with Gasteiger partial charge in [-0.05, 0) is 45.0 Å². The van der Waals surface area contributed by atoms with Crippen LogP contribution in [0.5, 0.6) is 0 Å². The summed E-state index contributed by atoms with van der Waals surface area (Å²) in [6.07, 6.45) is 4.09. The van der Waals surface area contributed by atoms with E-state index in [2.05, 4.69) is 27.4 Å². The number of hydrogen-bond donors (Lipinski definition) is 2. The van der Waals surface area contributed by atoms with Gasteiger partial charge in [0.2, 0.25) is 0 Å². The van der Waals surface area contributed by atoms with Gasteiger partial charge >= 0.3 is 0 Å². The fourth-order valence-electron chi connectivity index (χ4n) is 2.59. The highest BCUT2D eigenvalue weighted by Gasteiger charge is 2.18. The van der Waals surface area contributed by atoms with Crippen molar-refractivity contribution in [1.29, 1.82) is 0 Å². The third kappa shape index (κ3) is 3.93. The second kappa shape index (κ2) is 7.24. The van der Waals surface area contributed by atoms with E-state index in [9.17, 15) is 4.79 Å². The lowest BCUT2D eigenvalue weighted by molar-refractivity contribution is 0.0951. The van der Waals surface area contributed by atoms with Gasteiger partial charge in [-0.3, -0.25) is 9.78 Å². The van der Waals surface area contributed by atoms with Gasteiger partial charge in [-0.15, -0.1) is 0 Å². The molecule has 110 valence electrons. The van der Waals surface area contributed by atoms with E-state index in [0.29, 0.717) is 18.3 Å². The molecular weight excluding hydrogens is 252 g/mol. The quantitative estimate of drug-likeness (QED) is 0.860. The number of carbonyl (C=O) groups is 1. The highest BCUT2D eigenvalue weighted by atomic mass is 16.1. The van der Waals surface area contributed by atoms with E-state index in [1.54, 1.807) is 6.20 Å². The van der Waals surface area contributed by atoms with Crippen molar-refractivity contribution in [1.82, 2.24) is 15.2 Å². The fraction of sp³-hybridized carbons (Fsp3) is 0.600. The Hall–Kier alpha value is -1.62. The third-order valence-corrected chi connectivity index (χ3v) is 3.65. The summed E-state index contributed by atoms with van der Waals surface area (Å²) in [5.41, 5.74) is 1.45. The molecule has 1 aliphatic rings. The molecule has 2 N–H and O–H groups in total. The van der Waals surface area contributed by atoms with E-state index in [-0.39, 0.29) is 5.91 Å². The molecule has 1 aromatic heterocycles.